The molecule has 4 amide bonds. The molecule has 3 aromatic rings. The summed E-state index contributed by atoms with van der Waals surface area (Å²) < 4.78 is 0. The van der Waals surface area contributed by atoms with E-state index in [1.54, 1.807) is 25.1 Å². The van der Waals surface area contributed by atoms with Gasteiger partial charge in [-0.1, -0.05) is 23.5 Å². The molecule has 0 fully saturated rings. The smallest absolute Gasteiger partial charge is 0.325 e. The third-order valence-corrected chi connectivity index (χ3v) is 5.00. The first kappa shape index (κ1) is 20.0. The lowest BCUT2D eigenvalue weighted by Crippen LogP contribution is -2.19. The zero-order valence-electron chi connectivity index (χ0n) is 15.8. The van der Waals surface area contributed by atoms with Gasteiger partial charge in [0.25, 0.3) is 5.91 Å². The molecule has 1 aromatic heterocycles. The largest absolute Gasteiger partial charge is 0.366 e. The molecule has 2 aromatic carbocycles. The van der Waals surface area contributed by atoms with Crippen molar-refractivity contribution in [1.82, 2.24) is 4.98 Å². The molecule has 0 bridgehead atoms. The molecule has 0 radical (unpaired) electrons. The second-order valence-electron chi connectivity index (χ2n) is 6.28. The van der Waals surface area contributed by atoms with Gasteiger partial charge in [-0.15, -0.1) is 0 Å². The Morgan fingerprint density at radius 1 is 0.931 bits per heavy atom. The fourth-order valence-corrected chi connectivity index (χ4v) is 3.41. The highest BCUT2D eigenvalue weighted by Crippen LogP contribution is 2.24. The van der Waals surface area contributed by atoms with E-state index in [1.807, 2.05) is 25.1 Å². The number of anilines is 3. The molecule has 0 aliphatic rings. The van der Waals surface area contributed by atoms with Gasteiger partial charge in [0.15, 0.2) is 5.13 Å². The number of carbonyl (C=O) groups is 3. The number of carbonyl (C=O) groups excluding carboxylic acids is 3. The number of nitrogens with two attached hydrogens (primary N) is 1. The molecule has 0 saturated heterocycles. The molecule has 0 atom stereocenters. The monoisotopic (exact) mass is 409 g/mol. The van der Waals surface area contributed by atoms with E-state index in [9.17, 15) is 14.4 Å². The van der Waals surface area contributed by atoms with Crippen molar-refractivity contribution in [3.05, 3.63) is 70.2 Å². The fourth-order valence-electron chi connectivity index (χ4n) is 2.55. The van der Waals surface area contributed by atoms with E-state index in [4.69, 9.17) is 5.73 Å². The average Bonchev–Trinajstić information content (AvgIpc) is 3.02. The summed E-state index contributed by atoms with van der Waals surface area (Å²) in [5.41, 5.74) is 8.24. The van der Waals surface area contributed by atoms with Gasteiger partial charge in [-0.25, -0.2) is 9.78 Å². The molecular formula is C20H19N5O3S. The molecule has 3 rings (SSSR count). The van der Waals surface area contributed by atoms with E-state index in [1.165, 1.54) is 12.1 Å². The number of urea groups is 1. The van der Waals surface area contributed by atoms with Crippen LogP contribution < -0.4 is 21.7 Å². The zero-order valence-corrected chi connectivity index (χ0v) is 16.6. The Morgan fingerprint density at radius 2 is 1.66 bits per heavy atom. The number of rotatable bonds is 5. The quantitative estimate of drug-likeness (QED) is 0.512. The number of aryl methyl sites for hydroxylation is 2. The minimum atomic E-state index is -0.541. The first-order valence-corrected chi connectivity index (χ1v) is 9.47. The van der Waals surface area contributed by atoms with Crippen molar-refractivity contribution in [2.75, 3.05) is 16.0 Å². The maximum absolute atomic E-state index is 12.5. The Hall–Kier alpha value is -3.72. The number of amides is 4. The van der Waals surface area contributed by atoms with Gasteiger partial charge in [-0.2, -0.15) is 0 Å². The topological polar surface area (TPSA) is 126 Å². The van der Waals surface area contributed by atoms with E-state index in [-0.39, 0.29) is 5.91 Å². The number of primary amides is 1. The molecule has 29 heavy (non-hydrogen) atoms. The minimum absolute atomic E-state index is 0.307. The number of benzene rings is 2. The first-order chi connectivity index (χ1) is 13.8. The van der Waals surface area contributed by atoms with Crippen molar-refractivity contribution in [3.63, 3.8) is 0 Å². The van der Waals surface area contributed by atoms with Crippen LogP contribution in [0.15, 0.2) is 48.5 Å². The number of hydrogen-bond donors (Lipinski definition) is 4. The maximum Gasteiger partial charge on any atom is 0.325 e. The predicted octanol–water partition coefficient (Wildman–Crippen LogP) is 3.76. The van der Waals surface area contributed by atoms with E-state index in [0.29, 0.717) is 32.6 Å². The number of thiazole rings is 1. The molecule has 0 unspecified atom stereocenters. The van der Waals surface area contributed by atoms with Gasteiger partial charge in [0.2, 0.25) is 5.91 Å². The molecule has 148 valence electrons. The van der Waals surface area contributed by atoms with Crippen LogP contribution in [0.1, 0.15) is 31.3 Å². The second kappa shape index (κ2) is 8.53. The minimum Gasteiger partial charge on any atom is -0.366 e. The molecule has 0 saturated carbocycles. The molecular weight excluding hydrogens is 390 g/mol. The third kappa shape index (κ3) is 5.17. The van der Waals surface area contributed by atoms with Gasteiger partial charge in [0.1, 0.15) is 4.88 Å². The second-order valence-corrected chi connectivity index (χ2v) is 7.28. The highest BCUT2D eigenvalue weighted by Gasteiger charge is 2.17. The first-order valence-electron chi connectivity index (χ1n) is 8.65. The molecule has 0 spiro atoms. The standard InChI is InChI=1S/C20H19N5O3S/c1-11-4-3-5-15(10-11)24-19(28)25-20-22-12(2)16(29-20)18(27)23-14-8-6-13(7-9-14)17(21)26/h3-10H,1-2H3,(H2,21,26)(H,23,27)(H2,22,24,25,28). The van der Waals surface area contributed by atoms with Crippen LogP contribution in [0, 0.1) is 13.8 Å². The molecule has 1 heterocycles. The maximum atomic E-state index is 12.5. The van der Waals surface area contributed by atoms with Crippen LogP contribution in [-0.4, -0.2) is 22.8 Å². The molecule has 5 N–H and O–H groups in total. The lowest BCUT2D eigenvalue weighted by Gasteiger charge is -2.06. The SMILES string of the molecule is Cc1cccc(NC(=O)Nc2nc(C)c(C(=O)Nc3ccc(C(N)=O)cc3)s2)c1. The van der Waals surface area contributed by atoms with Crippen LogP contribution in [-0.2, 0) is 0 Å². The van der Waals surface area contributed by atoms with Crippen molar-refractivity contribution in [3.8, 4) is 0 Å². The Balaban J connectivity index is 1.65. The summed E-state index contributed by atoms with van der Waals surface area (Å²) in [5, 5.41) is 8.39. The van der Waals surface area contributed by atoms with Crippen LogP contribution in [0.2, 0.25) is 0 Å². The van der Waals surface area contributed by atoms with E-state index in [2.05, 4.69) is 20.9 Å². The van der Waals surface area contributed by atoms with Gasteiger partial charge in [-0.05, 0) is 55.8 Å². The highest BCUT2D eigenvalue weighted by molar-refractivity contribution is 7.17. The number of hydrogen-bond acceptors (Lipinski definition) is 5. The summed E-state index contributed by atoms with van der Waals surface area (Å²) in [6.45, 7) is 3.62. The summed E-state index contributed by atoms with van der Waals surface area (Å²) in [5.74, 6) is -0.903. The van der Waals surface area contributed by atoms with Crippen LogP contribution >= 0.6 is 11.3 Å². The van der Waals surface area contributed by atoms with E-state index < -0.39 is 11.9 Å². The Labute approximate surface area is 171 Å². The van der Waals surface area contributed by atoms with E-state index >= 15 is 0 Å². The van der Waals surface area contributed by atoms with Gasteiger partial charge < -0.3 is 16.4 Å². The van der Waals surface area contributed by atoms with Crippen molar-refractivity contribution in [1.29, 1.82) is 0 Å². The van der Waals surface area contributed by atoms with Crippen molar-refractivity contribution in [2.45, 2.75) is 13.8 Å². The predicted molar refractivity (Wildman–Crippen MR) is 114 cm³/mol. The zero-order chi connectivity index (χ0) is 21.0. The van der Waals surface area contributed by atoms with Crippen LogP contribution in [0.25, 0.3) is 0 Å². The van der Waals surface area contributed by atoms with E-state index in [0.717, 1.165) is 16.9 Å². The van der Waals surface area contributed by atoms with Gasteiger partial charge in [0.05, 0.1) is 5.69 Å². The van der Waals surface area contributed by atoms with Crippen molar-refractivity contribution in [2.24, 2.45) is 5.73 Å². The summed E-state index contributed by atoms with van der Waals surface area (Å²) in [6.07, 6.45) is 0. The summed E-state index contributed by atoms with van der Waals surface area (Å²) in [4.78, 5) is 40.4. The Morgan fingerprint density at radius 3 is 2.31 bits per heavy atom. The third-order valence-electron chi connectivity index (χ3n) is 3.93. The molecule has 0 aliphatic heterocycles. The lowest BCUT2D eigenvalue weighted by atomic mass is 10.2. The Bertz CT molecular complexity index is 1080. The number of nitrogens with one attached hydrogen (secondary N) is 3. The van der Waals surface area contributed by atoms with Gasteiger partial charge in [0, 0.05) is 16.9 Å². The van der Waals surface area contributed by atoms with Crippen LogP contribution in [0.3, 0.4) is 0 Å². The summed E-state index contributed by atoms with van der Waals surface area (Å²) in [7, 11) is 0. The molecule has 9 heteroatoms. The lowest BCUT2D eigenvalue weighted by molar-refractivity contribution is 0.0998. The van der Waals surface area contributed by atoms with Crippen molar-refractivity contribution < 1.29 is 14.4 Å². The fraction of sp³-hybridized carbons (Fsp3) is 0.100. The normalized spacial score (nSPS) is 10.3. The molecule has 8 nitrogen and oxygen atoms in total. The van der Waals surface area contributed by atoms with Crippen LogP contribution in [0.5, 0.6) is 0 Å². The highest BCUT2D eigenvalue weighted by atomic mass is 32.1. The van der Waals surface area contributed by atoms with Gasteiger partial charge >= 0.3 is 6.03 Å². The Kier molecular flexibility index (Phi) is 5.89. The summed E-state index contributed by atoms with van der Waals surface area (Å²) in [6, 6.07) is 13.2. The number of aromatic nitrogens is 1. The van der Waals surface area contributed by atoms with Crippen LogP contribution in [0.4, 0.5) is 21.3 Å². The average molecular weight is 409 g/mol. The summed E-state index contributed by atoms with van der Waals surface area (Å²) >= 11 is 1.07. The molecule has 0 aliphatic carbocycles. The van der Waals surface area contributed by atoms with Gasteiger partial charge in [-0.3, -0.25) is 14.9 Å². The number of nitrogens with zero attached hydrogens (tertiary/aromatic N) is 1. The van der Waals surface area contributed by atoms with Crippen molar-refractivity contribution >= 4 is 45.7 Å².